The maximum Gasteiger partial charge on any atom is 0.573 e. The number of urea groups is 1. The first-order valence-corrected chi connectivity index (χ1v) is 14.7. The van der Waals surface area contributed by atoms with Crippen LogP contribution in [0.4, 0.5) is 35.0 Å². The lowest BCUT2D eigenvalue weighted by Crippen LogP contribution is -2.39. The van der Waals surface area contributed by atoms with E-state index in [1.54, 1.807) is 29.3 Å². The van der Waals surface area contributed by atoms with E-state index in [-0.39, 0.29) is 24.0 Å². The van der Waals surface area contributed by atoms with Gasteiger partial charge in [0.1, 0.15) is 24.4 Å². The van der Waals surface area contributed by atoms with Crippen molar-refractivity contribution in [2.24, 2.45) is 9.98 Å². The summed E-state index contributed by atoms with van der Waals surface area (Å²) >= 11 is 1.23. The quantitative estimate of drug-likeness (QED) is 0.288. The fourth-order valence-corrected chi connectivity index (χ4v) is 5.36. The number of aliphatic imine (C=N–C) groups is 2. The lowest BCUT2D eigenvalue weighted by atomic mass is 10.0. The van der Waals surface area contributed by atoms with Gasteiger partial charge in [0.2, 0.25) is 5.91 Å². The van der Waals surface area contributed by atoms with E-state index >= 15 is 0 Å². The molecule has 0 saturated carbocycles. The Kier molecular flexibility index (Phi) is 9.40. The molecule has 0 spiro atoms. The average Bonchev–Trinajstić information content (AvgIpc) is 3.60. The standard InChI is InChI=1S/C30H29F3N6O4S/c1-3-4-20-6-5-19(2)15-25(20)39-27(40)17-44-29(39)36-28(41)35-21-7-11-23(12-8-21)42-16-26-34-18-38(37-26)22-9-13-24(14-10-22)43-30(31,32)33/h5-15,18,26,37H,3-4,16-17H2,1-2H3,(H,35,41). The molecule has 3 aromatic rings. The van der Waals surface area contributed by atoms with Crippen LogP contribution in [0.3, 0.4) is 0 Å². The van der Waals surface area contributed by atoms with Crippen molar-refractivity contribution in [1.82, 2.24) is 5.43 Å². The van der Waals surface area contributed by atoms with Gasteiger partial charge in [-0.25, -0.2) is 15.2 Å². The third kappa shape index (κ3) is 7.88. The Morgan fingerprint density at radius 3 is 2.55 bits per heavy atom. The van der Waals surface area contributed by atoms with Crippen LogP contribution in [-0.4, -0.2) is 48.3 Å². The molecular weight excluding hydrogens is 597 g/mol. The summed E-state index contributed by atoms with van der Waals surface area (Å²) in [6, 6.07) is 17.4. The Labute approximate surface area is 255 Å². The molecule has 2 aliphatic heterocycles. The number of hydrogen-bond donors (Lipinski definition) is 2. The highest BCUT2D eigenvalue weighted by Crippen LogP contribution is 2.32. The van der Waals surface area contributed by atoms with Crippen molar-refractivity contribution >= 4 is 52.3 Å². The molecule has 0 radical (unpaired) electrons. The first kappa shape index (κ1) is 30.9. The monoisotopic (exact) mass is 626 g/mol. The second-order valence-corrected chi connectivity index (χ2v) is 10.8. The molecule has 3 amide bonds. The maximum absolute atomic E-state index is 12.8. The first-order valence-electron chi connectivity index (χ1n) is 13.7. The number of ether oxygens (including phenoxy) is 2. The fourth-order valence-electron chi connectivity index (χ4n) is 4.50. The molecule has 0 aromatic heterocycles. The van der Waals surface area contributed by atoms with Crippen molar-refractivity contribution in [2.75, 3.05) is 27.6 Å². The largest absolute Gasteiger partial charge is 0.573 e. The normalized spacial score (nSPS) is 17.4. The molecule has 2 heterocycles. The molecule has 5 rings (SSSR count). The van der Waals surface area contributed by atoms with Gasteiger partial charge in [-0.05, 0) is 79.1 Å². The lowest BCUT2D eigenvalue weighted by molar-refractivity contribution is -0.274. The number of carbonyl (C=O) groups excluding carboxylic acids is 2. The van der Waals surface area contributed by atoms with Crippen molar-refractivity contribution in [3.63, 3.8) is 0 Å². The van der Waals surface area contributed by atoms with Crippen LogP contribution >= 0.6 is 11.8 Å². The van der Waals surface area contributed by atoms with Gasteiger partial charge in [0.15, 0.2) is 11.3 Å². The van der Waals surface area contributed by atoms with Crippen LogP contribution in [0.5, 0.6) is 11.5 Å². The number of alkyl halides is 3. The Morgan fingerprint density at radius 2 is 1.84 bits per heavy atom. The van der Waals surface area contributed by atoms with Crippen LogP contribution in [-0.2, 0) is 11.2 Å². The van der Waals surface area contributed by atoms with Gasteiger partial charge in [-0.15, -0.1) is 13.2 Å². The van der Waals surface area contributed by atoms with Gasteiger partial charge in [-0.3, -0.25) is 14.7 Å². The molecule has 1 fully saturated rings. The summed E-state index contributed by atoms with van der Waals surface area (Å²) in [6.07, 6.45) is -1.96. The first-order chi connectivity index (χ1) is 21.1. The molecule has 2 N–H and O–H groups in total. The third-order valence-corrected chi connectivity index (χ3v) is 7.40. The molecule has 14 heteroatoms. The Bertz CT molecular complexity index is 1560. The van der Waals surface area contributed by atoms with E-state index < -0.39 is 18.6 Å². The highest BCUT2D eigenvalue weighted by Gasteiger charge is 2.32. The van der Waals surface area contributed by atoms with Gasteiger partial charge in [0.05, 0.1) is 17.1 Å². The smallest absolute Gasteiger partial charge is 0.490 e. The number of rotatable bonds is 9. The van der Waals surface area contributed by atoms with Crippen LogP contribution in [0.15, 0.2) is 76.7 Å². The summed E-state index contributed by atoms with van der Waals surface area (Å²) in [6.45, 7) is 4.20. The molecular formula is C30H29F3N6O4S. The number of benzene rings is 3. The summed E-state index contributed by atoms with van der Waals surface area (Å²) in [5.41, 5.74) is 6.93. The fraction of sp³-hybridized carbons (Fsp3) is 0.267. The Morgan fingerprint density at radius 1 is 1.11 bits per heavy atom. The Balaban J connectivity index is 1.13. The number of carbonyl (C=O) groups is 2. The van der Waals surface area contributed by atoms with Crippen molar-refractivity contribution in [2.45, 2.75) is 39.2 Å². The number of nitrogens with zero attached hydrogens (tertiary/aromatic N) is 4. The minimum absolute atomic E-state index is 0.122. The second-order valence-electron chi connectivity index (χ2n) is 9.88. The van der Waals surface area contributed by atoms with Gasteiger partial charge in [-0.1, -0.05) is 37.2 Å². The number of nitrogens with one attached hydrogen (secondary N) is 2. The van der Waals surface area contributed by atoms with Gasteiger partial charge in [0, 0.05) is 5.69 Å². The topological polar surface area (TPSA) is 108 Å². The summed E-state index contributed by atoms with van der Waals surface area (Å²) in [4.78, 5) is 35.5. The van der Waals surface area contributed by atoms with E-state index in [0.717, 1.165) is 29.7 Å². The van der Waals surface area contributed by atoms with E-state index in [2.05, 4.69) is 32.4 Å². The van der Waals surface area contributed by atoms with Gasteiger partial charge >= 0.3 is 12.4 Å². The van der Waals surface area contributed by atoms with Gasteiger partial charge in [-0.2, -0.15) is 4.99 Å². The van der Waals surface area contributed by atoms with Crippen molar-refractivity contribution in [3.8, 4) is 11.5 Å². The number of thioether (sulfide) groups is 1. The third-order valence-electron chi connectivity index (χ3n) is 6.48. The van der Waals surface area contributed by atoms with Crippen LogP contribution in [0, 0.1) is 6.92 Å². The van der Waals surface area contributed by atoms with Crippen LogP contribution < -0.4 is 30.1 Å². The van der Waals surface area contributed by atoms with E-state index in [4.69, 9.17) is 4.74 Å². The number of hydrazine groups is 1. The second kappa shape index (κ2) is 13.4. The van der Waals surface area contributed by atoms with Crippen LogP contribution in [0.1, 0.15) is 24.5 Å². The van der Waals surface area contributed by atoms with Crippen LogP contribution in [0.2, 0.25) is 0 Å². The molecule has 1 atom stereocenters. The molecule has 1 unspecified atom stereocenters. The van der Waals surface area contributed by atoms with Crippen molar-refractivity contribution in [3.05, 3.63) is 77.9 Å². The lowest BCUT2D eigenvalue weighted by Gasteiger charge is -2.20. The minimum atomic E-state index is -4.76. The molecule has 2 aliphatic rings. The average molecular weight is 627 g/mol. The zero-order chi connectivity index (χ0) is 31.3. The number of halogens is 3. The molecule has 44 heavy (non-hydrogen) atoms. The summed E-state index contributed by atoms with van der Waals surface area (Å²) in [5.74, 6) is 0.300. The van der Waals surface area contributed by atoms with Crippen molar-refractivity contribution in [1.29, 1.82) is 0 Å². The molecule has 0 aliphatic carbocycles. The van der Waals surface area contributed by atoms with E-state index in [1.807, 2.05) is 25.1 Å². The zero-order valence-corrected chi connectivity index (χ0v) is 24.6. The Hall–Kier alpha value is -4.56. The summed E-state index contributed by atoms with van der Waals surface area (Å²) in [5, 5.41) is 4.62. The molecule has 3 aromatic carbocycles. The van der Waals surface area contributed by atoms with E-state index in [9.17, 15) is 22.8 Å². The number of aryl methyl sites for hydroxylation is 2. The summed E-state index contributed by atoms with van der Waals surface area (Å²) in [7, 11) is 0. The SMILES string of the molecule is CCCc1ccc(C)cc1N1C(=O)CSC1=NC(=O)Nc1ccc(OCC2N=CN(c3ccc(OC(F)(F)F)cc3)N2)cc1. The number of anilines is 3. The van der Waals surface area contributed by atoms with Crippen LogP contribution in [0.25, 0.3) is 0 Å². The minimum Gasteiger partial charge on any atom is -0.490 e. The molecule has 10 nitrogen and oxygen atoms in total. The maximum atomic E-state index is 12.8. The molecule has 230 valence electrons. The number of amidine groups is 1. The molecule has 1 saturated heterocycles. The predicted molar refractivity (Wildman–Crippen MR) is 165 cm³/mol. The van der Waals surface area contributed by atoms with E-state index in [1.165, 1.54) is 47.3 Å². The van der Waals surface area contributed by atoms with Crippen molar-refractivity contribution < 1.29 is 32.2 Å². The highest BCUT2D eigenvalue weighted by atomic mass is 32.2. The predicted octanol–water partition coefficient (Wildman–Crippen LogP) is 6.27. The molecule has 0 bridgehead atoms. The number of hydrogen-bond acceptors (Lipinski definition) is 8. The van der Waals surface area contributed by atoms with E-state index in [0.29, 0.717) is 22.3 Å². The zero-order valence-electron chi connectivity index (χ0n) is 23.8. The number of amides is 3. The van der Waals surface area contributed by atoms with Gasteiger partial charge in [0.25, 0.3) is 0 Å². The summed E-state index contributed by atoms with van der Waals surface area (Å²) < 4.78 is 46.8. The van der Waals surface area contributed by atoms with Gasteiger partial charge < -0.3 is 14.8 Å². The highest BCUT2D eigenvalue weighted by molar-refractivity contribution is 8.15.